The van der Waals surface area contributed by atoms with Gasteiger partial charge in [0.15, 0.2) is 5.78 Å². The summed E-state index contributed by atoms with van der Waals surface area (Å²) in [7, 11) is 2.11. The summed E-state index contributed by atoms with van der Waals surface area (Å²) in [5, 5.41) is 0. The molecule has 0 spiro atoms. The third kappa shape index (κ3) is 2.37. The van der Waals surface area contributed by atoms with Crippen molar-refractivity contribution < 1.29 is 4.79 Å². The molecule has 1 aromatic carbocycles. The van der Waals surface area contributed by atoms with Crippen molar-refractivity contribution in [2.24, 2.45) is 0 Å². The van der Waals surface area contributed by atoms with Crippen molar-refractivity contribution in [2.45, 2.75) is 19.9 Å². The van der Waals surface area contributed by atoms with Crippen LogP contribution in [0.25, 0.3) is 11.3 Å². The maximum Gasteiger partial charge on any atom is 0.178 e. The lowest BCUT2D eigenvalue weighted by atomic mass is 9.94. The highest BCUT2D eigenvalue weighted by atomic mass is 16.1. The summed E-state index contributed by atoms with van der Waals surface area (Å²) >= 11 is 0. The largest absolute Gasteiger partial charge is 0.302 e. The van der Waals surface area contributed by atoms with Gasteiger partial charge in [0.2, 0.25) is 0 Å². The molecule has 0 unspecified atom stereocenters. The minimum Gasteiger partial charge on any atom is -0.302 e. The normalized spacial score (nSPS) is 14.9. The highest BCUT2D eigenvalue weighted by molar-refractivity contribution is 5.93. The zero-order chi connectivity index (χ0) is 14.1. The first-order valence-electron chi connectivity index (χ1n) is 6.93. The average molecular weight is 266 g/mol. The smallest absolute Gasteiger partial charge is 0.178 e. The summed E-state index contributed by atoms with van der Waals surface area (Å²) in [4.78, 5) is 18.6. The number of ketones is 1. The maximum atomic E-state index is 11.7. The van der Waals surface area contributed by atoms with Crippen molar-refractivity contribution in [3.63, 3.8) is 0 Å². The molecule has 0 amide bonds. The fourth-order valence-electron chi connectivity index (χ4n) is 2.73. The highest BCUT2D eigenvalue weighted by Gasteiger charge is 2.20. The van der Waals surface area contributed by atoms with Gasteiger partial charge in [-0.25, -0.2) is 4.98 Å². The van der Waals surface area contributed by atoms with Gasteiger partial charge in [0, 0.05) is 25.6 Å². The molecule has 0 bridgehead atoms. The zero-order valence-corrected chi connectivity index (χ0v) is 11.9. The van der Waals surface area contributed by atoms with Crippen LogP contribution in [0.5, 0.6) is 0 Å². The quantitative estimate of drug-likeness (QED) is 0.784. The van der Waals surface area contributed by atoms with Gasteiger partial charge in [-0.05, 0) is 30.7 Å². The van der Waals surface area contributed by atoms with Crippen LogP contribution in [0.3, 0.4) is 0 Å². The van der Waals surface area contributed by atoms with E-state index < -0.39 is 0 Å². The molecule has 0 fully saturated rings. The summed E-state index contributed by atoms with van der Waals surface area (Å²) in [6.45, 7) is 3.50. The lowest BCUT2D eigenvalue weighted by Crippen LogP contribution is -2.27. The second-order valence-corrected chi connectivity index (χ2v) is 5.40. The number of aromatic nitrogens is 1. The first kappa shape index (κ1) is 13.0. The van der Waals surface area contributed by atoms with E-state index in [0.717, 1.165) is 30.8 Å². The minimum absolute atomic E-state index is 0.0261. The molecule has 0 saturated heterocycles. The molecule has 0 saturated carbocycles. The van der Waals surface area contributed by atoms with E-state index in [9.17, 15) is 4.79 Å². The molecule has 0 radical (unpaired) electrons. The Morgan fingerprint density at radius 2 is 2.00 bits per heavy atom. The lowest BCUT2D eigenvalue weighted by Gasteiger charge is -2.27. The molecule has 20 heavy (non-hydrogen) atoms. The number of benzene rings is 1. The van der Waals surface area contributed by atoms with Crippen LogP contribution in [-0.2, 0) is 13.0 Å². The molecule has 1 aliphatic rings. The van der Waals surface area contributed by atoms with E-state index in [-0.39, 0.29) is 5.78 Å². The molecule has 1 aliphatic heterocycles. The van der Waals surface area contributed by atoms with Crippen LogP contribution >= 0.6 is 0 Å². The SMILES string of the molecule is CC(=O)c1cc2c(c(-c3ccccc3)n1)CCN(C)C2. The Morgan fingerprint density at radius 3 is 2.70 bits per heavy atom. The van der Waals surface area contributed by atoms with E-state index in [1.165, 1.54) is 11.1 Å². The van der Waals surface area contributed by atoms with Gasteiger partial charge in [-0.3, -0.25) is 4.79 Å². The molecule has 0 N–H and O–H groups in total. The number of Topliss-reactive ketones (excluding diaryl/α,β-unsaturated/α-hetero) is 1. The van der Waals surface area contributed by atoms with Crippen LogP contribution in [0, 0.1) is 0 Å². The van der Waals surface area contributed by atoms with E-state index in [1.54, 1.807) is 6.92 Å². The Labute approximate surface area is 119 Å². The van der Waals surface area contributed by atoms with Crippen molar-refractivity contribution in [3.05, 3.63) is 53.2 Å². The standard InChI is InChI=1S/C17H18N2O/c1-12(20)16-10-14-11-19(2)9-8-15(14)17(18-16)13-6-4-3-5-7-13/h3-7,10H,8-9,11H2,1-2H3. The van der Waals surface area contributed by atoms with Crippen LogP contribution in [0.4, 0.5) is 0 Å². The third-order valence-electron chi connectivity index (χ3n) is 3.81. The van der Waals surface area contributed by atoms with Gasteiger partial charge in [0.1, 0.15) is 5.69 Å². The predicted molar refractivity (Wildman–Crippen MR) is 79.7 cm³/mol. The number of hydrogen-bond acceptors (Lipinski definition) is 3. The zero-order valence-electron chi connectivity index (χ0n) is 11.9. The van der Waals surface area contributed by atoms with E-state index >= 15 is 0 Å². The van der Waals surface area contributed by atoms with Gasteiger partial charge in [0.05, 0.1) is 5.69 Å². The molecule has 0 atom stereocenters. The highest BCUT2D eigenvalue weighted by Crippen LogP contribution is 2.29. The van der Waals surface area contributed by atoms with Crippen molar-refractivity contribution in [3.8, 4) is 11.3 Å². The van der Waals surface area contributed by atoms with Gasteiger partial charge in [-0.1, -0.05) is 30.3 Å². The molecular formula is C17H18N2O. The van der Waals surface area contributed by atoms with Crippen LogP contribution in [0.15, 0.2) is 36.4 Å². The van der Waals surface area contributed by atoms with E-state index in [1.807, 2.05) is 24.3 Å². The van der Waals surface area contributed by atoms with E-state index in [0.29, 0.717) is 5.69 Å². The lowest BCUT2D eigenvalue weighted by molar-refractivity contribution is 0.101. The number of carbonyl (C=O) groups is 1. The average Bonchev–Trinajstić information content (AvgIpc) is 2.46. The fraction of sp³-hybridized carbons (Fsp3) is 0.294. The van der Waals surface area contributed by atoms with E-state index in [4.69, 9.17) is 0 Å². The Balaban J connectivity index is 2.20. The van der Waals surface area contributed by atoms with Gasteiger partial charge in [0.25, 0.3) is 0 Å². The molecule has 2 heterocycles. The molecule has 3 nitrogen and oxygen atoms in total. The van der Waals surface area contributed by atoms with Crippen molar-refractivity contribution in [2.75, 3.05) is 13.6 Å². The van der Waals surface area contributed by atoms with E-state index in [2.05, 4.69) is 29.1 Å². The number of likely N-dealkylation sites (N-methyl/N-ethyl adjacent to an activating group) is 1. The number of rotatable bonds is 2. The number of carbonyl (C=O) groups excluding carboxylic acids is 1. The first-order chi connectivity index (χ1) is 9.65. The minimum atomic E-state index is 0.0261. The van der Waals surface area contributed by atoms with Gasteiger partial charge in [-0.15, -0.1) is 0 Å². The molecule has 1 aromatic heterocycles. The molecular weight excluding hydrogens is 248 g/mol. The topological polar surface area (TPSA) is 33.2 Å². The Kier molecular flexibility index (Phi) is 3.36. The van der Waals surface area contributed by atoms with Crippen LogP contribution < -0.4 is 0 Å². The molecule has 3 heteroatoms. The van der Waals surface area contributed by atoms with Gasteiger partial charge in [-0.2, -0.15) is 0 Å². The van der Waals surface area contributed by atoms with Crippen LogP contribution in [0.2, 0.25) is 0 Å². The van der Waals surface area contributed by atoms with Gasteiger partial charge >= 0.3 is 0 Å². The number of hydrogen-bond donors (Lipinski definition) is 0. The summed E-state index contributed by atoms with van der Waals surface area (Å²) < 4.78 is 0. The maximum absolute atomic E-state index is 11.7. The van der Waals surface area contributed by atoms with Crippen LogP contribution in [-0.4, -0.2) is 29.3 Å². The second kappa shape index (κ2) is 5.17. The molecule has 102 valence electrons. The fourth-order valence-corrected chi connectivity index (χ4v) is 2.73. The third-order valence-corrected chi connectivity index (χ3v) is 3.81. The molecule has 3 rings (SSSR count). The first-order valence-corrected chi connectivity index (χ1v) is 6.93. The summed E-state index contributed by atoms with van der Waals surface area (Å²) in [5.41, 5.74) is 5.16. The monoisotopic (exact) mass is 266 g/mol. The number of fused-ring (bicyclic) bond motifs is 1. The second-order valence-electron chi connectivity index (χ2n) is 5.40. The summed E-state index contributed by atoms with van der Waals surface area (Å²) in [6, 6.07) is 12.1. The van der Waals surface area contributed by atoms with Crippen molar-refractivity contribution in [1.29, 1.82) is 0 Å². The summed E-state index contributed by atoms with van der Waals surface area (Å²) in [6.07, 6.45) is 0.987. The van der Waals surface area contributed by atoms with Crippen molar-refractivity contribution in [1.82, 2.24) is 9.88 Å². The van der Waals surface area contributed by atoms with Crippen molar-refractivity contribution >= 4 is 5.78 Å². The van der Waals surface area contributed by atoms with Gasteiger partial charge < -0.3 is 4.90 Å². The predicted octanol–water partition coefficient (Wildman–Crippen LogP) is 2.94. The Hall–Kier alpha value is -2.00. The molecule has 2 aromatic rings. The molecule has 0 aliphatic carbocycles. The Morgan fingerprint density at radius 1 is 1.25 bits per heavy atom. The van der Waals surface area contributed by atoms with Crippen LogP contribution in [0.1, 0.15) is 28.5 Å². The number of nitrogens with zero attached hydrogens (tertiary/aromatic N) is 2. The summed E-state index contributed by atoms with van der Waals surface area (Å²) in [5.74, 6) is 0.0261. The Bertz CT molecular complexity index is 650. The number of pyridine rings is 1.